The lowest BCUT2D eigenvalue weighted by atomic mass is 10.2. The van der Waals surface area contributed by atoms with Crippen molar-refractivity contribution in [3.8, 4) is 0 Å². The van der Waals surface area contributed by atoms with Gasteiger partial charge in [0.05, 0.1) is 99.1 Å². The number of ether oxygens (including phenoxy) is 15. The van der Waals surface area contributed by atoms with Gasteiger partial charge in [-0.15, -0.1) is 0 Å². The highest BCUT2D eigenvalue weighted by atomic mass is 28.6. The van der Waals surface area contributed by atoms with Crippen LogP contribution in [0, 0.1) is 0 Å². The Kier molecular flexibility index (Phi) is 43.3. The summed E-state index contributed by atoms with van der Waals surface area (Å²) in [5.41, 5.74) is 5.51. The van der Waals surface area contributed by atoms with Gasteiger partial charge in [-0.2, -0.15) is 0 Å². The molecular weight excluding hydrogens is 1520 g/mol. The van der Waals surface area contributed by atoms with Crippen LogP contribution in [0.1, 0.15) is 126 Å². The van der Waals surface area contributed by atoms with E-state index in [0.29, 0.717) is 66.1 Å². The average molecular weight is 1630 g/mol. The molecule has 0 unspecified atom stereocenters. The molecule has 5 aromatic carbocycles. The molecular formula is C75H110O30Si5. The molecule has 6 aliphatic rings. The molecule has 0 atom stereocenters. The quantitative estimate of drug-likeness (QED) is 0.0178. The van der Waals surface area contributed by atoms with E-state index in [1.807, 2.05) is 152 Å². The Morgan fingerprint density at radius 2 is 0.382 bits per heavy atom. The SMILES string of the molecule is CCC(=O)OCCO[Si]1(C)O[Si](C)(OCCOC(=O)CC)O[Si](C)(OCCOC(=O)CC)O[Si](C)(OCCOC(=O)CC)O[Si](C)(OCCOC(=O)CC)O1.c1ccc(C2OCCO2)cc1.c1ccc(C2OCCO2)cc1.c1ccc(C2OCCO2)cc1.c1ccc(C2OCCO2)cc1.c1ccc(C2OCCO2)cc1. The largest absolute Gasteiger partial charge is 0.483 e. The number of esters is 5. The van der Waals surface area contributed by atoms with E-state index < -0.39 is 73.9 Å². The van der Waals surface area contributed by atoms with Crippen molar-refractivity contribution < 1.29 is 138 Å². The van der Waals surface area contributed by atoms with Crippen molar-refractivity contribution in [3.63, 3.8) is 0 Å². The van der Waals surface area contributed by atoms with Crippen LogP contribution in [0.15, 0.2) is 152 Å². The Labute approximate surface area is 650 Å². The molecule has 35 heteroatoms. The van der Waals surface area contributed by atoms with E-state index in [1.165, 1.54) is 32.7 Å². The van der Waals surface area contributed by atoms with Gasteiger partial charge in [0.1, 0.15) is 33.0 Å². The Morgan fingerprint density at radius 3 is 0.509 bits per heavy atom. The number of benzene rings is 5. The summed E-state index contributed by atoms with van der Waals surface area (Å²) in [4.78, 5) is 59.4. The zero-order chi connectivity index (χ0) is 79.2. The summed E-state index contributed by atoms with van der Waals surface area (Å²) in [7, 11) is -20.4. The standard InChI is InChI=1S/C30H60O20Si5.5C9H10O2/c1-11-26(31)36-16-21-41-51(6)46-52(7,42-22-17-37-27(32)12-2)48-54(9,44-24-19-39-29(34)14-4)50-55(10,45-25-20-40-30(35)15-5)49-53(8,47-51)43-23-18-38-28(33)13-3;5*1-2-4-8(5-3-1)9-10-6-7-11-9/h11-25H2,1-10H3;5*1-5,9H,6-7H2. The Balaban J connectivity index is 0.000000264. The molecule has 6 heterocycles. The maximum Gasteiger partial charge on any atom is 0.483 e. The smallest absolute Gasteiger partial charge is 0.463 e. The van der Waals surface area contributed by atoms with Crippen LogP contribution in [0.4, 0.5) is 0 Å². The number of hydrogen-bond acceptors (Lipinski definition) is 30. The number of rotatable bonds is 30. The van der Waals surface area contributed by atoms with Crippen molar-refractivity contribution in [2.75, 3.05) is 132 Å². The first-order valence-corrected chi connectivity index (χ1v) is 48.2. The maximum absolute atomic E-state index is 11.9. The van der Waals surface area contributed by atoms with E-state index >= 15 is 0 Å². The number of carbonyl (C=O) groups excluding carboxylic acids is 5. The summed E-state index contributed by atoms with van der Waals surface area (Å²) in [5.74, 6) is -2.26. The molecule has 0 bridgehead atoms. The lowest BCUT2D eigenvalue weighted by Gasteiger charge is -2.46. The van der Waals surface area contributed by atoms with Gasteiger partial charge in [0, 0.05) is 92.7 Å². The molecule has 0 aromatic heterocycles. The second-order valence-corrected chi connectivity index (χ2v) is 38.5. The fourth-order valence-electron chi connectivity index (χ4n) is 10.3. The maximum atomic E-state index is 11.9. The van der Waals surface area contributed by atoms with E-state index in [2.05, 4.69) is 0 Å². The molecule has 110 heavy (non-hydrogen) atoms. The predicted octanol–water partition coefficient (Wildman–Crippen LogP) is 11.4. The summed E-state index contributed by atoms with van der Waals surface area (Å²) < 4.78 is 143. The van der Waals surface area contributed by atoms with Gasteiger partial charge in [-0.3, -0.25) is 24.0 Å². The summed E-state index contributed by atoms with van der Waals surface area (Å²) in [6.45, 7) is 21.4. The van der Waals surface area contributed by atoms with Gasteiger partial charge in [-0.25, -0.2) is 0 Å². The average Bonchev–Trinajstić information content (AvgIpc) is 0.858. The van der Waals surface area contributed by atoms with Crippen molar-refractivity contribution in [2.45, 2.75) is 131 Å². The molecule has 0 saturated carbocycles. The van der Waals surface area contributed by atoms with Crippen LogP contribution in [0.25, 0.3) is 0 Å². The minimum absolute atomic E-state index is 0.129. The van der Waals surface area contributed by atoms with Crippen LogP contribution in [-0.4, -0.2) is 206 Å². The van der Waals surface area contributed by atoms with Crippen molar-refractivity contribution in [1.29, 1.82) is 0 Å². The third-order valence-corrected chi connectivity index (χ3v) is 33.8. The van der Waals surface area contributed by atoms with Crippen LogP contribution in [0.3, 0.4) is 0 Å². The first-order chi connectivity index (χ1) is 53.1. The van der Waals surface area contributed by atoms with Crippen LogP contribution >= 0.6 is 0 Å². The first-order valence-electron chi connectivity index (χ1n) is 37.0. The van der Waals surface area contributed by atoms with Gasteiger partial charge >= 0.3 is 73.9 Å². The minimum Gasteiger partial charge on any atom is -0.463 e. The van der Waals surface area contributed by atoms with Gasteiger partial charge in [-0.1, -0.05) is 186 Å². The van der Waals surface area contributed by atoms with Crippen molar-refractivity contribution in [2.24, 2.45) is 0 Å². The summed E-state index contributed by atoms with van der Waals surface area (Å²) in [6, 6.07) is 49.9. The van der Waals surface area contributed by atoms with Crippen molar-refractivity contribution in [3.05, 3.63) is 179 Å². The lowest BCUT2D eigenvalue weighted by Crippen LogP contribution is -2.70. The molecule has 0 amide bonds. The van der Waals surface area contributed by atoms with Crippen LogP contribution in [0.5, 0.6) is 0 Å². The van der Waals surface area contributed by atoms with Crippen LogP contribution in [0.2, 0.25) is 32.7 Å². The molecule has 0 spiro atoms. The van der Waals surface area contributed by atoms with Crippen molar-refractivity contribution in [1.82, 2.24) is 0 Å². The second-order valence-electron chi connectivity index (χ2n) is 24.4. The van der Waals surface area contributed by atoms with E-state index in [9.17, 15) is 24.0 Å². The summed E-state index contributed by atoms with van der Waals surface area (Å²) in [5, 5.41) is 0. The molecule has 6 aliphatic heterocycles. The molecule has 11 rings (SSSR count). The number of hydrogen-bond donors (Lipinski definition) is 0. The van der Waals surface area contributed by atoms with Gasteiger partial charge in [0.2, 0.25) is 0 Å². The van der Waals surface area contributed by atoms with E-state index in [1.54, 1.807) is 34.6 Å². The molecule has 0 radical (unpaired) electrons. The second kappa shape index (κ2) is 51.5. The minimum atomic E-state index is -4.09. The highest BCUT2D eigenvalue weighted by molar-refractivity contribution is 6.88. The van der Waals surface area contributed by atoms with Gasteiger partial charge < -0.3 is 114 Å². The lowest BCUT2D eigenvalue weighted by molar-refractivity contribution is -0.145. The fraction of sp³-hybridized carbons (Fsp3) is 0.533. The van der Waals surface area contributed by atoms with Gasteiger partial charge in [0.15, 0.2) is 31.5 Å². The summed E-state index contributed by atoms with van der Waals surface area (Å²) in [6.07, 6.45) is 0.0913. The molecule has 6 saturated heterocycles. The zero-order valence-electron chi connectivity index (χ0n) is 64.7. The normalized spacial score (nSPS) is 23.0. The molecule has 0 aliphatic carbocycles. The van der Waals surface area contributed by atoms with E-state index in [-0.39, 0.29) is 130 Å². The molecule has 5 aromatic rings. The fourth-order valence-corrected chi connectivity index (χ4v) is 31.1. The van der Waals surface area contributed by atoms with Gasteiger partial charge in [0.25, 0.3) is 0 Å². The Bertz CT molecular complexity index is 2800. The number of carbonyl (C=O) groups is 5. The highest BCUT2D eigenvalue weighted by Crippen LogP contribution is 2.35. The Morgan fingerprint density at radius 1 is 0.245 bits per heavy atom. The highest BCUT2D eigenvalue weighted by Gasteiger charge is 2.63. The van der Waals surface area contributed by atoms with E-state index in [0.717, 1.165) is 27.8 Å². The van der Waals surface area contributed by atoms with Crippen LogP contribution in [-0.2, 0) is 138 Å². The van der Waals surface area contributed by atoms with Crippen LogP contribution < -0.4 is 0 Å². The molecule has 610 valence electrons. The van der Waals surface area contributed by atoms with Crippen molar-refractivity contribution >= 4 is 73.9 Å². The zero-order valence-corrected chi connectivity index (χ0v) is 69.7. The topological polar surface area (TPSA) is 316 Å². The van der Waals surface area contributed by atoms with E-state index in [4.69, 9.17) is 114 Å². The first kappa shape index (κ1) is 92.6. The Hall–Kier alpha value is -6.27. The predicted molar refractivity (Wildman–Crippen MR) is 405 cm³/mol. The van der Waals surface area contributed by atoms with Gasteiger partial charge in [-0.05, 0) is 0 Å². The molecule has 30 nitrogen and oxygen atoms in total. The third-order valence-electron chi connectivity index (χ3n) is 15.3. The third kappa shape index (κ3) is 36.3. The summed E-state index contributed by atoms with van der Waals surface area (Å²) >= 11 is 0. The molecule has 0 N–H and O–H groups in total. The molecule has 6 fully saturated rings. The monoisotopic (exact) mass is 1630 g/mol.